The monoisotopic (exact) mass is 299 g/mol. The van der Waals surface area contributed by atoms with Gasteiger partial charge in [-0.3, -0.25) is 4.79 Å². The van der Waals surface area contributed by atoms with E-state index >= 15 is 0 Å². The molecule has 1 unspecified atom stereocenters. The number of carbonyl (C=O) groups excluding carboxylic acids is 1. The second-order valence-corrected chi connectivity index (χ2v) is 5.36. The molecule has 0 spiro atoms. The molecular weight excluding hydrogens is 282 g/mol. The molecule has 0 aliphatic carbocycles. The minimum absolute atomic E-state index is 0.0475. The largest absolute Gasteiger partial charge is 0.383 e. The van der Waals surface area contributed by atoms with Crippen molar-refractivity contribution in [3.63, 3.8) is 0 Å². The van der Waals surface area contributed by atoms with Crippen LogP contribution in [0.5, 0.6) is 0 Å². The SMILES string of the molecule is COCC(Br)CNC(=O)c1ccc(C)c(C)c1. The number of nitrogens with one attached hydrogen (secondary N) is 1. The van der Waals surface area contributed by atoms with Gasteiger partial charge in [-0.15, -0.1) is 0 Å². The van der Waals surface area contributed by atoms with Crippen LogP contribution in [0.15, 0.2) is 18.2 Å². The summed E-state index contributed by atoms with van der Waals surface area (Å²) in [5.74, 6) is -0.0475. The fourth-order valence-corrected chi connectivity index (χ4v) is 1.85. The van der Waals surface area contributed by atoms with E-state index in [1.807, 2.05) is 32.0 Å². The molecule has 1 rings (SSSR count). The normalized spacial score (nSPS) is 12.2. The van der Waals surface area contributed by atoms with Gasteiger partial charge in [-0.05, 0) is 37.1 Å². The number of hydrogen-bond acceptors (Lipinski definition) is 2. The second kappa shape index (κ2) is 6.77. The third-order valence-electron chi connectivity index (χ3n) is 2.60. The van der Waals surface area contributed by atoms with Crippen LogP contribution in [0.3, 0.4) is 0 Å². The summed E-state index contributed by atoms with van der Waals surface area (Å²) in [6, 6.07) is 5.71. The van der Waals surface area contributed by atoms with Crippen LogP contribution in [0.2, 0.25) is 0 Å². The summed E-state index contributed by atoms with van der Waals surface area (Å²) >= 11 is 3.43. The van der Waals surface area contributed by atoms with Crippen LogP contribution >= 0.6 is 15.9 Å². The zero-order chi connectivity index (χ0) is 12.8. The standard InChI is InChI=1S/C13H18BrNO2/c1-9-4-5-11(6-10(9)2)13(16)15-7-12(14)8-17-3/h4-6,12H,7-8H2,1-3H3,(H,15,16). The van der Waals surface area contributed by atoms with E-state index in [-0.39, 0.29) is 10.7 Å². The zero-order valence-corrected chi connectivity index (χ0v) is 12.0. The Bertz CT molecular complexity index is 393. The Morgan fingerprint density at radius 1 is 1.41 bits per heavy atom. The molecule has 1 aromatic carbocycles. The molecule has 0 aromatic heterocycles. The summed E-state index contributed by atoms with van der Waals surface area (Å²) in [6.45, 7) is 5.17. The fraction of sp³-hybridized carbons (Fsp3) is 0.462. The molecule has 0 radical (unpaired) electrons. The van der Waals surface area contributed by atoms with Crippen LogP contribution in [0.25, 0.3) is 0 Å². The van der Waals surface area contributed by atoms with E-state index in [2.05, 4.69) is 21.2 Å². The van der Waals surface area contributed by atoms with Gasteiger partial charge >= 0.3 is 0 Å². The lowest BCUT2D eigenvalue weighted by Crippen LogP contribution is -2.31. The van der Waals surface area contributed by atoms with Crippen LogP contribution < -0.4 is 5.32 Å². The number of hydrogen-bond donors (Lipinski definition) is 1. The smallest absolute Gasteiger partial charge is 0.251 e. The molecule has 1 amide bonds. The van der Waals surface area contributed by atoms with Gasteiger partial charge in [0.15, 0.2) is 0 Å². The summed E-state index contributed by atoms with van der Waals surface area (Å²) < 4.78 is 4.98. The molecule has 1 atom stereocenters. The van der Waals surface area contributed by atoms with Crippen molar-refractivity contribution in [2.24, 2.45) is 0 Å². The summed E-state index contributed by atoms with van der Waals surface area (Å²) in [5, 5.41) is 2.86. The van der Waals surface area contributed by atoms with Gasteiger partial charge in [0.2, 0.25) is 0 Å². The Balaban J connectivity index is 2.55. The highest BCUT2D eigenvalue weighted by molar-refractivity contribution is 9.09. The Morgan fingerprint density at radius 3 is 2.71 bits per heavy atom. The molecule has 0 heterocycles. The number of amides is 1. The molecule has 0 bridgehead atoms. The van der Waals surface area contributed by atoms with Crippen molar-refractivity contribution in [1.29, 1.82) is 0 Å². The number of aryl methyl sites for hydroxylation is 2. The minimum atomic E-state index is -0.0475. The predicted octanol–water partition coefficient (Wildman–Crippen LogP) is 2.44. The average Bonchev–Trinajstić information content (AvgIpc) is 2.30. The lowest BCUT2D eigenvalue weighted by molar-refractivity contribution is 0.0950. The highest BCUT2D eigenvalue weighted by atomic mass is 79.9. The maximum absolute atomic E-state index is 11.8. The quantitative estimate of drug-likeness (QED) is 0.848. The fourth-order valence-electron chi connectivity index (χ4n) is 1.43. The average molecular weight is 300 g/mol. The van der Waals surface area contributed by atoms with Crippen LogP contribution in [-0.4, -0.2) is 31.0 Å². The van der Waals surface area contributed by atoms with Gasteiger partial charge in [-0.1, -0.05) is 22.0 Å². The number of benzene rings is 1. The minimum Gasteiger partial charge on any atom is -0.383 e. The third kappa shape index (κ3) is 4.48. The van der Waals surface area contributed by atoms with Crippen LogP contribution in [0, 0.1) is 13.8 Å². The van der Waals surface area contributed by atoms with E-state index in [9.17, 15) is 4.79 Å². The van der Waals surface area contributed by atoms with Gasteiger partial charge in [0.1, 0.15) is 0 Å². The van der Waals surface area contributed by atoms with E-state index in [4.69, 9.17) is 4.74 Å². The third-order valence-corrected chi connectivity index (χ3v) is 3.19. The first kappa shape index (κ1) is 14.2. The molecule has 4 heteroatoms. The van der Waals surface area contributed by atoms with E-state index in [0.29, 0.717) is 18.7 Å². The van der Waals surface area contributed by atoms with E-state index in [1.165, 1.54) is 5.56 Å². The lowest BCUT2D eigenvalue weighted by Gasteiger charge is -2.11. The first-order valence-electron chi connectivity index (χ1n) is 5.53. The first-order valence-corrected chi connectivity index (χ1v) is 6.44. The number of alkyl halides is 1. The van der Waals surface area contributed by atoms with Crippen molar-refractivity contribution in [2.45, 2.75) is 18.7 Å². The Labute approximate surface area is 111 Å². The highest BCUT2D eigenvalue weighted by Crippen LogP contribution is 2.09. The van der Waals surface area contributed by atoms with Crippen molar-refractivity contribution < 1.29 is 9.53 Å². The number of methoxy groups -OCH3 is 1. The van der Waals surface area contributed by atoms with Crippen molar-refractivity contribution in [2.75, 3.05) is 20.3 Å². The Morgan fingerprint density at radius 2 is 2.12 bits per heavy atom. The van der Waals surface area contributed by atoms with E-state index in [1.54, 1.807) is 7.11 Å². The molecule has 0 aliphatic heterocycles. The molecule has 94 valence electrons. The Kier molecular flexibility index (Phi) is 5.65. The molecule has 0 saturated heterocycles. The van der Waals surface area contributed by atoms with E-state index in [0.717, 1.165) is 5.56 Å². The van der Waals surface area contributed by atoms with Crippen molar-refractivity contribution in [1.82, 2.24) is 5.32 Å². The van der Waals surface area contributed by atoms with Crippen molar-refractivity contribution >= 4 is 21.8 Å². The van der Waals surface area contributed by atoms with Crippen LogP contribution in [0.4, 0.5) is 0 Å². The molecule has 0 saturated carbocycles. The lowest BCUT2D eigenvalue weighted by atomic mass is 10.1. The molecule has 1 aromatic rings. The predicted molar refractivity (Wildman–Crippen MR) is 72.8 cm³/mol. The topological polar surface area (TPSA) is 38.3 Å². The summed E-state index contributed by atoms with van der Waals surface area (Å²) in [6.07, 6.45) is 0. The van der Waals surface area contributed by atoms with Crippen LogP contribution in [-0.2, 0) is 4.74 Å². The molecule has 0 fully saturated rings. The maximum Gasteiger partial charge on any atom is 0.251 e. The molecule has 17 heavy (non-hydrogen) atoms. The molecule has 1 N–H and O–H groups in total. The summed E-state index contributed by atoms with van der Waals surface area (Å²) in [5.41, 5.74) is 3.02. The Hall–Kier alpha value is -0.870. The summed E-state index contributed by atoms with van der Waals surface area (Å²) in [4.78, 5) is 12.0. The van der Waals surface area contributed by atoms with Gasteiger partial charge < -0.3 is 10.1 Å². The summed E-state index contributed by atoms with van der Waals surface area (Å²) in [7, 11) is 1.64. The van der Waals surface area contributed by atoms with Gasteiger partial charge in [-0.25, -0.2) is 0 Å². The molecule has 0 aliphatic rings. The zero-order valence-electron chi connectivity index (χ0n) is 10.4. The second-order valence-electron chi connectivity index (χ2n) is 4.06. The number of halogens is 1. The van der Waals surface area contributed by atoms with Crippen LogP contribution in [0.1, 0.15) is 21.5 Å². The maximum atomic E-state index is 11.8. The van der Waals surface area contributed by atoms with Gasteiger partial charge in [0.25, 0.3) is 5.91 Å². The van der Waals surface area contributed by atoms with Gasteiger partial charge in [0.05, 0.1) is 11.4 Å². The van der Waals surface area contributed by atoms with Gasteiger partial charge in [-0.2, -0.15) is 0 Å². The van der Waals surface area contributed by atoms with Crippen molar-refractivity contribution in [3.05, 3.63) is 34.9 Å². The van der Waals surface area contributed by atoms with E-state index < -0.39 is 0 Å². The number of rotatable bonds is 5. The molecular formula is C13H18BrNO2. The van der Waals surface area contributed by atoms with Crippen molar-refractivity contribution in [3.8, 4) is 0 Å². The number of carbonyl (C=O) groups is 1. The molecule has 3 nitrogen and oxygen atoms in total. The number of ether oxygens (including phenoxy) is 1. The van der Waals surface area contributed by atoms with Gasteiger partial charge in [0, 0.05) is 19.2 Å². The first-order chi connectivity index (χ1) is 8.04. The highest BCUT2D eigenvalue weighted by Gasteiger charge is 2.09.